The predicted molar refractivity (Wildman–Crippen MR) is 135 cm³/mol. The van der Waals surface area contributed by atoms with E-state index in [2.05, 4.69) is 77.6 Å². The third kappa shape index (κ3) is 25.6. The summed E-state index contributed by atoms with van der Waals surface area (Å²) in [7, 11) is 0. The third-order valence-corrected chi connectivity index (χ3v) is 3.50. The summed E-state index contributed by atoms with van der Waals surface area (Å²) in [5.74, 6) is 0.519. The maximum absolute atomic E-state index is 3.78. The van der Waals surface area contributed by atoms with Crippen molar-refractivity contribution < 1.29 is 0 Å². The van der Waals surface area contributed by atoms with Crippen molar-refractivity contribution in [2.45, 2.75) is 40.0 Å². The van der Waals surface area contributed by atoms with Gasteiger partial charge in [0.15, 0.2) is 0 Å². The van der Waals surface area contributed by atoms with Crippen LogP contribution in [0.5, 0.6) is 0 Å². The van der Waals surface area contributed by atoms with Crippen LogP contribution >= 0.6 is 0 Å². The Hall–Kier alpha value is -2.60. The normalized spacial score (nSPS) is 12.5. The maximum Gasteiger partial charge on any atom is -0.0137 e. The van der Waals surface area contributed by atoms with Crippen LogP contribution in [0.3, 0.4) is 0 Å². The first-order valence-electron chi connectivity index (χ1n) is 9.73. The van der Waals surface area contributed by atoms with Gasteiger partial charge in [-0.1, -0.05) is 112 Å². The molecule has 0 N–H and O–H groups in total. The Bertz CT molecular complexity index is 532. The molecule has 0 saturated heterocycles. The molecular weight excluding hydrogens is 336 g/mol. The molecule has 154 valence electrons. The fourth-order valence-corrected chi connectivity index (χ4v) is 1.94. The van der Waals surface area contributed by atoms with Crippen molar-refractivity contribution in [1.82, 2.24) is 0 Å². The SMILES string of the molecule is C=C.C=C/C=C/C(C)(C)C/C=C\C=C/C.C=C/C=C\C=C\CC(C=C)CC=C. The summed E-state index contributed by atoms with van der Waals surface area (Å²) in [6.45, 7) is 27.2. The molecule has 28 heavy (non-hydrogen) atoms. The van der Waals surface area contributed by atoms with Gasteiger partial charge in [0, 0.05) is 0 Å². The Morgan fingerprint density at radius 2 is 1.36 bits per heavy atom. The minimum absolute atomic E-state index is 0.228. The lowest BCUT2D eigenvalue weighted by molar-refractivity contribution is 0.489. The average molecular weight is 379 g/mol. The van der Waals surface area contributed by atoms with Crippen molar-refractivity contribution in [3.05, 3.63) is 125 Å². The van der Waals surface area contributed by atoms with Crippen LogP contribution in [0.4, 0.5) is 0 Å². The van der Waals surface area contributed by atoms with E-state index in [9.17, 15) is 0 Å². The van der Waals surface area contributed by atoms with Gasteiger partial charge in [0.2, 0.25) is 0 Å². The molecule has 0 aliphatic carbocycles. The van der Waals surface area contributed by atoms with Crippen LogP contribution in [0.15, 0.2) is 125 Å². The summed E-state index contributed by atoms with van der Waals surface area (Å²) in [5, 5.41) is 0. The molecular formula is C28H42. The van der Waals surface area contributed by atoms with Crippen molar-refractivity contribution in [2.24, 2.45) is 11.3 Å². The molecule has 0 aromatic rings. The maximum atomic E-state index is 3.78. The van der Waals surface area contributed by atoms with E-state index < -0.39 is 0 Å². The third-order valence-electron chi connectivity index (χ3n) is 3.50. The highest BCUT2D eigenvalue weighted by Gasteiger charge is 2.09. The minimum Gasteiger partial charge on any atom is -0.106 e. The van der Waals surface area contributed by atoms with E-state index in [1.54, 1.807) is 6.08 Å². The molecule has 0 fully saturated rings. The van der Waals surface area contributed by atoms with Gasteiger partial charge in [-0.25, -0.2) is 0 Å². The lowest BCUT2D eigenvalue weighted by atomic mass is 9.89. The zero-order chi connectivity index (χ0) is 22.1. The predicted octanol–water partition coefficient (Wildman–Crippen LogP) is 9.13. The quantitative estimate of drug-likeness (QED) is 0.234. The molecule has 0 nitrogen and oxygen atoms in total. The number of hydrogen-bond acceptors (Lipinski definition) is 0. The molecule has 1 unspecified atom stereocenters. The van der Waals surface area contributed by atoms with Gasteiger partial charge in [-0.3, -0.25) is 0 Å². The summed E-state index contributed by atoms with van der Waals surface area (Å²) in [4.78, 5) is 0. The van der Waals surface area contributed by atoms with E-state index in [0.29, 0.717) is 5.92 Å². The van der Waals surface area contributed by atoms with Gasteiger partial charge < -0.3 is 0 Å². The van der Waals surface area contributed by atoms with Crippen LogP contribution < -0.4 is 0 Å². The molecule has 0 heterocycles. The van der Waals surface area contributed by atoms with Gasteiger partial charge in [0.1, 0.15) is 0 Å². The number of hydrogen-bond donors (Lipinski definition) is 0. The molecule has 0 aromatic heterocycles. The Morgan fingerprint density at radius 1 is 0.750 bits per heavy atom. The topological polar surface area (TPSA) is 0 Å². The second kappa shape index (κ2) is 24.4. The second-order valence-corrected chi connectivity index (χ2v) is 6.55. The number of allylic oxidation sites excluding steroid dienone is 14. The molecule has 0 spiro atoms. The van der Waals surface area contributed by atoms with Crippen molar-refractivity contribution in [2.75, 3.05) is 0 Å². The molecule has 0 rings (SSSR count). The monoisotopic (exact) mass is 378 g/mol. The highest BCUT2D eigenvalue weighted by atomic mass is 14.1. The largest absolute Gasteiger partial charge is 0.106 e. The summed E-state index contributed by atoms with van der Waals surface area (Å²) in [5.41, 5.74) is 0.228. The van der Waals surface area contributed by atoms with Crippen LogP contribution in [0.1, 0.15) is 40.0 Å². The van der Waals surface area contributed by atoms with Crippen molar-refractivity contribution in [1.29, 1.82) is 0 Å². The summed E-state index contributed by atoms with van der Waals surface area (Å²) >= 11 is 0. The van der Waals surface area contributed by atoms with E-state index >= 15 is 0 Å². The summed E-state index contributed by atoms with van der Waals surface area (Å²) < 4.78 is 0. The number of rotatable bonds is 12. The lowest BCUT2D eigenvalue weighted by Crippen LogP contribution is -2.04. The Labute approximate surface area is 176 Å². The summed E-state index contributed by atoms with van der Waals surface area (Å²) in [6.07, 6.45) is 31.2. The molecule has 0 radical (unpaired) electrons. The van der Waals surface area contributed by atoms with E-state index in [1.165, 1.54) is 0 Å². The highest BCUT2D eigenvalue weighted by molar-refractivity contribution is 5.10. The molecule has 0 amide bonds. The highest BCUT2D eigenvalue weighted by Crippen LogP contribution is 2.22. The van der Waals surface area contributed by atoms with E-state index in [1.807, 2.05) is 61.6 Å². The molecule has 0 heteroatoms. The molecule has 0 aromatic carbocycles. The van der Waals surface area contributed by atoms with Gasteiger partial charge in [-0.15, -0.1) is 26.3 Å². The molecule has 1 atom stereocenters. The summed E-state index contributed by atoms with van der Waals surface area (Å²) in [6, 6.07) is 0. The fourth-order valence-electron chi connectivity index (χ4n) is 1.94. The van der Waals surface area contributed by atoms with E-state index in [4.69, 9.17) is 0 Å². The van der Waals surface area contributed by atoms with Crippen molar-refractivity contribution in [3.8, 4) is 0 Å². The van der Waals surface area contributed by atoms with Crippen LogP contribution in [-0.4, -0.2) is 0 Å². The Balaban J connectivity index is -0.000000410. The molecule has 0 bridgehead atoms. The van der Waals surface area contributed by atoms with Gasteiger partial charge in [0.25, 0.3) is 0 Å². The van der Waals surface area contributed by atoms with E-state index in [0.717, 1.165) is 19.3 Å². The van der Waals surface area contributed by atoms with Gasteiger partial charge in [0.05, 0.1) is 0 Å². The zero-order valence-electron chi connectivity index (χ0n) is 18.5. The van der Waals surface area contributed by atoms with Crippen LogP contribution in [-0.2, 0) is 0 Å². The Kier molecular flexibility index (Phi) is 26.3. The van der Waals surface area contributed by atoms with Gasteiger partial charge in [-0.05, 0) is 37.5 Å². The zero-order valence-corrected chi connectivity index (χ0v) is 18.5. The van der Waals surface area contributed by atoms with Crippen molar-refractivity contribution >= 4 is 0 Å². The first-order chi connectivity index (χ1) is 13.5. The first kappa shape index (κ1) is 30.1. The minimum atomic E-state index is 0.228. The smallest absolute Gasteiger partial charge is 0.0137 e. The van der Waals surface area contributed by atoms with E-state index in [-0.39, 0.29) is 5.41 Å². The van der Waals surface area contributed by atoms with Gasteiger partial charge >= 0.3 is 0 Å². The lowest BCUT2D eigenvalue weighted by Gasteiger charge is -2.16. The fraction of sp³-hybridized carbons (Fsp3) is 0.286. The molecule has 0 aliphatic heterocycles. The standard InChI is InChI=1S/C13H20.C13H18.C2H4/c1-5-7-9-10-12-13(3,4)11-8-6-2;1-4-7-8-9-10-12-13(6-3)11-5-2;1-2/h5-11H,2,12H2,1,3-4H3;4-10,13H,1-3,11-12H2;1-2H2/b7-5-,10-9-,11-8+;8-7-,10-9+;. The van der Waals surface area contributed by atoms with Crippen LogP contribution in [0.25, 0.3) is 0 Å². The van der Waals surface area contributed by atoms with Crippen LogP contribution in [0.2, 0.25) is 0 Å². The van der Waals surface area contributed by atoms with Crippen molar-refractivity contribution in [3.63, 3.8) is 0 Å². The van der Waals surface area contributed by atoms with Crippen LogP contribution in [0, 0.1) is 11.3 Å². The average Bonchev–Trinajstić information content (AvgIpc) is 2.71. The first-order valence-corrected chi connectivity index (χ1v) is 9.73. The molecule has 0 aliphatic rings. The molecule has 0 saturated carbocycles. The second-order valence-electron chi connectivity index (χ2n) is 6.55. The Morgan fingerprint density at radius 3 is 1.86 bits per heavy atom. The van der Waals surface area contributed by atoms with Gasteiger partial charge in [-0.2, -0.15) is 0 Å².